The van der Waals surface area contributed by atoms with E-state index in [4.69, 9.17) is 15.3 Å². The van der Waals surface area contributed by atoms with Crippen LogP contribution in [0.3, 0.4) is 0 Å². The lowest BCUT2D eigenvalue weighted by Crippen LogP contribution is -2.20. The van der Waals surface area contributed by atoms with Gasteiger partial charge < -0.3 is 15.3 Å². The molecule has 15 heavy (non-hydrogen) atoms. The summed E-state index contributed by atoms with van der Waals surface area (Å²) in [6.07, 6.45) is 1.38. The van der Waals surface area contributed by atoms with Crippen LogP contribution < -0.4 is 5.73 Å². The molecule has 78 valence electrons. The summed E-state index contributed by atoms with van der Waals surface area (Å²) >= 11 is 3.31. The number of hydrogen-bond donors (Lipinski definition) is 2. The second kappa shape index (κ2) is 3.67. The monoisotopic (exact) mass is 269 g/mol. The molecule has 1 heterocycles. The number of halogens is 1. The lowest BCUT2D eigenvalue weighted by Gasteiger charge is -2.03. The fourth-order valence-corrected chi connectivity index (χ4v) is 1.76. The largest absolute Gasteiger partial charge is 0.480 e. The van der Waals surface area contributed by atoms with Gasteiger partial charge in [0.05, 0.1) is 6.26 Å². The molecule has 0 bridgehead atoms. The van der Waals surface area contributed by atoms with E-state index in [1.54, 1.807) is 12.1 Å². The third-order valence-electron chi connectivity index (χ3n) is 2.17. The number of carboxylic acids is 1. The zero-order valence-corrected chi connectivity index (χ0v) is 9.19. The maximum atomic E-state index is 10.7. The van der Waals surface area contributed by atoms with Crippen molar-refractivity contribution in [2.24, 2.45) is 5.73 Å². The molecule has 0 radical (unpaired) electrons. The molecule has 0 aliphatic heterocycles. The molecule has 0 aliphatic rings. The predicted octanol–water partition coefficient (Wildman–Crippen LogP) is 2.28. The van der Waals surface area contributed by atoms with E-state index in [0.717, 1.165) is 9.86 Å². The van der Waals surface area contributed by atoms with Gasteiger partial charge in [-0.15, -0.1) is 0 Å². The summed E-state index contributed by atoms with van der Waals surface area (Å²) in [4.78, 5) is 10.7. The Balaban J connectivity index is 2.61. The lowest BCUT2D eigenvalue weighted by atomic mass is 10.1. The van der Waals surface area contributed by atoms with Crippen molar-refractivity contribution < 1.29 is 14.3 Å². The average molecular weight is 270 g/mol. The molecule has 1 atom stereocenters. The third kappa shape index (κ3) is 1.75. The quantitative estimate of drug-likeness (QED) is 0.877. The Morgan fingerprint density at radius 1 is 1.53 bits per heavy atom. The summed E-state index contributed by atoms with van der Waals surface area (Å²) in [5.74, 6) is -1.07. The first-order chi connectivity index (χ1) is 7.09. The number of hydrogen-bond acceptors (Lipinski definition) is 3. The van der Waals surface area contributed by atoms with E-state index in [1.165, 1.54) is 6.26 Å². The Labute approximate surface area is 93.8 Å². The summed E-state index contributed by atoms with van der Waals surface area (Å²) in [5.41, 5.74) is 6.64. The van der Waals surface area contributed by atoms with Crippen molar-refractivity contribution in [1.82, 2.24) is 0 Å². The fourth-order valence-electron chi connectivity index (χ4n) is 1.39. The van der Waals surface area contributed by atoms with Crippen LogP contribution in [0.5, 0.6) is 0 Å². The summed E-state index contributed by atoms with van der Waals surface area (Å²) in [6.45, 7) is 0. The highest BCUT2D eigenvalue weighted by Gasteiger charge is 2.19. The molecule has 5 heteroatoms. The normalized spacial score (nSPS) is 12.9. The third-order valence-corrected chi connectivity index (χ3v) is 2.66. The minimum absolute atomic E-state index is 0.485. The number of fused-ring (bicyclic) bond motifs is 1. The van der Waals surface area contributed by atoms with Crippen LogP contribution in [-0.4, -0.2) is 11.1 Å². The molecule has 0 spiro atoms. The van der Waals surface area contributed by atoms with Gasteiger partial charge >= 0.3 is 5.97 Å². The lowest BCUT2D eigenvalue weighted by molar-refractivity contribution is -0.138. The Morgan fingerprint density at radius 3 is 2.93 bits per heavy atom. The Kier molecular flexibility index (Phi) is 2.50. The van der Waals surface area contributed by atoms with Gasteiger partial charge in [0.15, 0.2) is 0 Å². The highest BCUT2D eigenvalue weighted by molar-refractivity contribution is 9.10. The SMILES string of the molecule is NC(C(=O)O)c1coc2ccc(Br)cc12. The van der Waals surface area contributed by atoms with Crippen LogP contribution in [0.2, 0.25) is 0 Å². The van der Waals surface area contributed by atoms with Gasteiger partial charge in [-0.2, -0.15) is 0 Å². The van der Waals surface area contributed by atoms with Gasteiger partial charge in [0.25, 0.3) is 0 Å². The molecule has 2 rings (SSSR count). The van der Waals surface area contributed by atoms with E-state index in [0.29, 0.717) is 11.1 Å². The molecule has 0 fully saturated rings. The first-order valence-corrected chi connectivity index (χ1v) is 5.04. The number of nitrogens with two attached hydrogens (primary N) is 1. The summed E-state index contributed by atoms with van der Waals surface area (Å²) in [6, 6.07) is 4.32. The topological polar surface area (TPSA) is 76.5 Å². The van der Waals surface area contributed by atoms with E-state index >= 15 is 0 Å². The van der Waals surface area contributed by atoms with Crippen molar-refractivity contribution in [3.8, 4) is 0 Å². The van der Waals surface area contributed by atoms with Crippen LogP contribution in [0.15, 0.2) is 33.4 Å². The molecule has 4 nitrogen and oxygen atoms in total. The Morgan fingerprint density at radius 2 is 2.27 bits per heavy atom. The Hall–Kier alpha value is -1.33. The van der Waals surface area contributed by atoms with E-state index in [1.807, 2.05) is 6.07 Å². The van der Waals surface area contributed by atoms with E-state index < -0.39 is 12.0 Å². The van der Waals surface area contributed by atoms with Crippen LogP contribution in [-0.2, 0) is 4.79 Å². The standard InChI is InChI=1S/C10H8BrNO3/c11-5-1-2-8-6(3-5)7(4-15-8)9(12)10(13)14/h1-4,9H,12H2,(H,13,14). The van der Waals surface area contributed by atoms with E-state index in [2.05, 4.69) is 15.9 Å². The number of furan rings is 1. The van der Waals surface area contributed by atoms with E-state index in [-0.39, 0.29) is 0 Å². The molecular formula is C10H8BrNO3. The van der Waals surface area contributed by atoms with Crippen molar-refractivity contribution in [3.05, 3.63) is 34.5 Å². The zero-order chi connectivity index (χ0) is 11.0. The van der Waals surface area contributed by atoms with Crippen LogP contribution in [0.25, 0.3) is 11.0 Å². The zero-order valence-electron chi connectivity index (χ0n) is 7.61. The van der Waals surface area contributed by atoms with Crippen molar-refractivity contribution in [3.63, 3.8) is 0 Å². The Bertz CT molecular complexity index is 520. The summed E-state index contributed by atoms with van der Waals surface area (Å²) in [7, 11) is 0. The van der Waals surface area contributed by atoms with Crippen LogP contribution in [0.1, 0.15) is 11.6 Å². The van der Waals surface area contributed by atoms with Crippen molar-refractivity contribution in [1.29, 1.82) is 0 Å². The second-order valence-electron chi connectivity index (χ2n) is 3.15. The molecule has 0 amide bonds. The van der Waals surface area contributed by atoms with Crippen LogP contribution in [0, 0.1) is 0 Å². The predicted molar refractivity (Wildman–Crippen MR) is 58.5 cm³/mol. The van der Waals surface area contributed by atoms with Gasteiger partial charge in [0.1, 0.15) is 11.6 Å². The molecule has 0 aliphatic carbocycles. The summed E-state index contributed by atoms with van der Waals surface area (Å²) < 4.78 is 6.07. The minimum Gasteiger partial charge on any atom is -0.480 e. The highest BCUT2D eigenvalue weighted by Crippen LogP contribution is 2.28. The highest BCUT2D eigenvalue weighted by atomic mass is 79.9. The van der Waals surface area contributed by atoms with Crippen molar-refractivity contribution >= 4 is 32.9 Å². The molecular weight excluding hydrogens is 262 g/mol. The molecule has 1 aromatic carbocycles. The first kappa shape index (κ1) is 10.2. The number of aliphatic carboxylic acids is 1. The molecule has 1 unspecified atom stereocenters. The number of rotatable bonds is 2. The minimum atomic E-state index is -1.07. The first-order valence-electron chi connectivity index (χ1n) is 4.24. The molecule has 0 saturated carbocycles. The van der Waals surface area contributed by atoms with Crippen molar-refractivity contribution in [2.45, 2.75) is 6.04 Å². The van der Waals surface area contributed by atoms with Crippen LogP contribution in [0.4, 0.5) is 0 Å². The number of carbonyl (C=O) groups is 1. The maximum Gasteiger partial charge on any atom is 0.325 e. The van der Waals surface area contributed by atoms with Gasteiger partial charge in [0.2, 0.25) is 0 Å². The molecule has 0 saturated heterocycles. The summed E-state index contributed by atoms with van der Waals surface area (Å²) in [5, 5.41) is 9.53. The number of carboxylic acid groups (broad SMARTS) is 1. The second-order valence-corrected chi connectivity index (χ2v) is 4.06. The molecule has 3 N–H and O–H groups in total. The molecule has 2 aromatic rings. The average Bonchev–Trinajstić information content (AvgIpc) is 2.59. The van der Waals surface area contributed by atoms with Gasteiger partial charge in [-0.3, -0.25) is 4.79 Å². The maximum absolute atomic E-state index is 10.7. The smallest absolute Gasteiger partial charge is 0.325 e. The number of benzene rings is 1. The molecule has 1 aromatic heterocycles. The van der Waals surface area contributed by atoms with Gasteiger partial charge in [-0.25, -0.2) is 0 Å². The van der Waals surface area contributed by atoms with Gasteiger partial charge in [0, 0.05) is 15.4 Å². The van der Waals surface area contributed by atoms with Crippen molar-refractivity contribution in [2.75, 3.05) is 0 Å². The van der Waals surface area contributed by atoms with Gasteiger partial charge in [-0.1, -0.05) is 15.9 Å². The fraction of sp³-hybridized carbons (Fsp3) is 0.100. The van der Waals surface area contributed by atoms with E-state index in [9.17, 15) is 4.79 Å². The van der Waals surface area contributed by atoms with Gasteiger partial charge in [-0.05, 0) is 18.2 Å². The van der Waals surface area contributed by atoms with Crippen LogP contribution >= 0.6 is 15.9 Å².